The van der Waals surface area contributed by atoms with Crippen LogP contribution in [0.1, 0.15) is 12.8 Å². The van der Waals surface area contributed by atoms with Gasteiger partial charge < -0.3 is 15.8 Å². The quantitative estimate of drug-likeness (QED) is 0.694. The van der Waals surface area contributed by atoms with Crippen molar-refractivity contribution in [3.63, 3.8) is 0 Å². The van der Waals surface area contributed by atoms with Crippen LogP contribution < -0.4 is 15.8 Å². The van der Waals surface area contributed by atoms with Crippen LogP contribution in [0.15, 0.2) is 18.2 Å². The van der Waals surface area contributed by atoms with Crippen LogP contribution in [0, 0.1) is 0 Å². The molecule has 3 N–H and O–H groups in total. The van der Waals surface area contributed by atoms with E-state index in [1.54, 1.807) is 0 Å². The third-order valence-corrected chi connectivity index (χ3v) is 2.12. The molecule has 0 heterocycles. The van der Waals surface area contributed by atoms with Gasteiger partial charge in [0.25, 0.3) is 0 Å². The third-order valence-electron chi connectivity index (χ3n) is 2.12. The Bertz CT molecular complexity index is 308. The number of rotatable bonds is 3. The summed E-state index contributed by atoms with van der Waals surface area (Å²) in [7, 11) is 1.87. The minimum Gasteiger partial charge on any atom is -0.486 e. The molecule has 0 aromatic heterocycles. The molecule has 1 aromatic rings. The molecule has 1 fully saturated rings. The lowest BCUT2D eigenvalue weighted by molar-refractivity contribution is 0.306. The number of nitrogens with two attached hydrogens (primary N) is 1. The van der Waals surface area contributed by atoms with Gasteiger partial charge in [-0.3, -0.25) is 0 Å². The summed E-state index contributed by atoms with van der Waals surface area (Å²) in [6, 6.07) is 5.74. The van der Waals surface area contributed by atoms with Gasteiger partial charge in [-0.1, -0.05) is 6.07 Å². The molecule has 1 aromatic carbocycles. The normalized spacial score (nSPS) is 15.5. The van der Waals surface area contributed by atoms with Gasteiger partial charge in [-0.25, -0.2) is 0 Å². The molecule has 0 unspecified atom stereocenters. The highest BCUT2D eigenvalue weighted by molar-refractivity contribution is 5.69. The van der Waals surface area contributed by atoms with Crippen molar-refractivity contribution in [2.75, 3.05) is 18.1 Å². The van der Waals surface area contributed by atoms with Gasteiger partial charge in [0.1, 0.15) is 0 Å². The molecule has 0 bridgehead atoms. The van der Waals surface area contributed by atoms with E-state index >= 15 is 0 Å². The van der Waals surface area contributed by atoms with Crippen molar-refractivity contribution in [3.8, 4) is 5.75 Å². The molecular weight excluding hydrogens is 164 g/mol. The lowest BCUT2D eigenvalue weighted by Crippen LogP contribution is -2.03. The predicted octanol–water partition coefficient (Wildman–Crippen LogP) is 1.85. The van der Waals surface area contributed by atoms with Crippen LogP contribution in [0.2, 0.25) is 0 Å². The fraction of sp³-hybridized carbons (Fsp3) is 0.400. The number of ether oxygens (including phenoxy) is 1. The highest BCUT2D eigenvalue weighted by Gasteiger charge is 2.25. The molecule has 3 nitrogen and oxygen atoms in total. The number of nitrogen functional groups attached to an aromatic ring is 1. The van der Waals surface area contributed by atoms with Gasteiger partial charge in [-0.15, -0.1) is 0 Å². The summed E-state index contributed by atoms with van der Waals surface area (Å²) < 4.78 is 5.69. The fourth-order valence-electron chi connectivity index (χ4n) is 1.24. The summed E-state index contributed by atoms with van der Waals surface area (Å²) >= 11 is 0. The van der Waals surface area contributed by atoms with E-state index in [9.17, 15) is 0 Å². The average molecular weight is 178 g/mol. The van der Waals surface area contributed by atoms with Gasteiger partial charge in [-0.2, -0.15) is 0 Å². The lowest BCUT2D eigenvalue weighted by atomic mass is 10.2. The minimum absolute atomic E-state index is 0.386. The summed E-state index contributed by atoms with van der Waals surface area (Å²) in [6.45, 7) is 0. The second kappa shape index (κ2) is 3.17. The van der Waals surface area contributed by atoms with Gasteiger partial charge in [0.05, 0.1) is 17.5 Å². The number of nitrogens with one attached hydrogen (secondary N) is 1. The number of hydrogen-bond donors (Lipinski definition) is 2. The Kier molecular flexibility index (Phi) is 2.00. The van der Waals surface area contributed by atoms with E-state index in [4.69, 9.17) is 10.5 Å². The van der Waals surface area contributed by atoms with Gasteiger partial charge >= 0.3 is 0 Å². The van der Waals surface area contributed by atoms with Crippen LogP contribution in [0.25, 0.3) is 0 Å². The Hall–Kier alpha value is -1.38. The van der Waals surface area contributed by atoms with Gasteiger partial charge in [0.2, 0.25) is 0 Å². The third kappa shape index (κ3) is 1.69. The molecule has 0 saturated heterocycles. The van der Waals surface area contributed by atoms with Crippen molar-refractivity contribution < 1.29 is 4.74 Å². The zero-order chi connectivity index (χ0) is 9.26. The Morgan fingerprint density at radius 3 is 2.85 bits per heavy atom. The summed E-state index contributed by atoms with van der Waals surface area (Å²) in [5, 5.41) is 3.06. The van der Waals surface area contributed by atoms with Crippen molar-refractivity contribution in [1.82, 2.24) is 0 Å². The second-order valence-corrected chi connectivity index (χ2v) is 3.29. The van der Waals surface area contributed by atoms with Crippen LogP contribution in [-0.2, 0) is 0 Å². The van der Waals surface area contributed by atoms with Crippen LogP contribution in [0.5, 0.6) is 5.75 Å². The van der Waals surface area contributed by atoms with Crippen molar-refractivity contribution in [3.05, 3.63) is 18.2 Å². The Labute approximate surface area is 77.9 Å². The first-order valence-corrected chi connectivity index (χ1v) is 4.54. The largest absolute Gasteiger partial charge is 0.486 e. The molecule has 0 radical (unpaired) electrons. The zero-order valence-electron chi connectivity index (χ0n) is 7.71. The highest BCUT2D eigenvalue weighted by atomic mass is 16.5. The average Bonchev–Trinajstić information content (AvgIpc) is 2.92. The molecule has 1 aliphatic rings. The Morgan fingerprint density at radius 2 is 2.23 bits per heavy atom. The molecule has 0 amide bonds. The highest BCUT2D eigenvalue weighted by Crippen LogP contribution is 2.36. The monoisotopic (exact) mass is 178 g/mol. The maximum absolute atomic E-state index is 5.81. The molecule has 70 valence electrons. The van der Waals surface area contributed by atoms with E-state index in [2.05, 4.69) is 5.32 Å². The van der Waals surface area contributed by atoms with E-state index in [-0.39, 0.29) is 0 Å². The predicted molar refractivity (Wildman–Crippen MR) is 54.1 cm³/mol. The summed E-state index contributed by atoms with van der Waals surface area (Å²) in [5.41, 5.74) is 7.48. The van der Waals surface area contributed by atoms with Crippen LogP contribution in [0.4, 0.5) is 11.4 Å². The molecule has 2 rings (SSSR count). The van der Waals surface area contributed by atoms with Crippen molar-refractivity contribution >= 4 is 11.4 Å². The summed E-state index contributed by atoms with van der Waals surface area (Å²) in [6.07, 6.45) is 2.69. The second-order valence-electron chi connectivity index (χ2n) is 3.29. The number of benzene rings is 1. The molecule has 13 heavy (non-hydrogen) atoms. The zero-order valence-corrected chi connectivity index (χ0v) is 7.71. The Balaban J connectivity index is 2.27. The first-order chi connectivity index (χ1) is 6.31. The first-order valence-electron chi connectivity index (χ1n) is 4.54. The van der Waals surface area contributed by atoms with Gasteiger partial charge in [0.15, 0.2) is 5.75 Å². The smallest absolute Gasteiger partial charge is 0.165 e. The van der Waals surface area contributed by atoms with E-state index in [0.717, 1.165) is 24.3 Å². The molecular formula is C10H14N2O. The topological polar surface area (TPSA) is 47.3 Å². The van der Waals surface area contributed by atoms with Crippen molar-refractivity contribution in [2.24, 2.45) is 0 Å². The maximum Gasteiger partial charge on any atom is 0.165 e. The number of hydrogen-bond acceptors (Lipinski definition) is 3. The fourth-order valence-corrected chi connectivity index (χ4v) is 1.24. The van der Waals surface area contributed by atoms with Gasteiger partial charge in [0, 0.05) is 7.05 Å². The van der Waals surface area contributed by atoms with E-state index in [0.29, 0.717) is 11.8 Å². The molecule has 0 aliphatic heterocycles. The van der Waals surface area contributed by atoms with Crippen LogP contribution in [0.3, 0.4) is 0 Å². The standard InChI is InChI=1S/C10H14N2O/c1-12-9-4-2-3-8(11)10(9)13-7-5-6-7/h2-4,7,12H,5-6,11H2,1H3. The molecule has 0 atom stereocenters. The maximum atomic E-state index is 5.81. The van der Waals surface area contributed by atoms with E-state index in [1.807, 2.05) is 25.2 Å². The van der Waals surface area contributed by atoms with Gasteiger partial charge in [-0.05, 0) is 25.0 Å². The van der Waals surface area contributed by atoms with Crippen LogP contribution >= 0.6 is 0 Å². The first kappa shape index (κ1) is 8.23. The number of anilines is 2. The molecule has 1 aliphatic carbocycles. The Morgan fingerprint density at radius 1 is 1.46 bits per heavy atom. The minimum atomic E-state index is 0.386. The van der Waals surface area contributed by atoms with Crippen molar-refractivity contribution in [1.29, 1.82) is 0 Å². The lowest BCUT2D eigenvalue weighted by Gasteiger charge is -2.12. The molecule has 1 saturated carbocycles. The van der Waals surface area contributed by atoms with Crippen molar-refractivity contribution in [2.45, 2.75) is 18.9 Å². The summed E-state index contributed by atoms with van der Waals surface area (Å²) in [5.74, 6) is 0.799. The van der Waals surface area contributed by atoms with E-state index in [1.165, 1.54) is 0 Å². The van der Waals surface area contributed by atoms with Crippen LogP contribution in [-0.4, -0.2) is 13.2 Å². The summed E-state index contributed by atoms with van der Waals surface area (Å²) in [4.78, 5) is 0. The van der Waals surface area contributed by atoms with E-state index < -0.39 is 0 Å². The SMILES string of the molecule is CNc1cccc(N)c1OC1CC1. The molecule has 0 spiro atoms. The molecule has 3 heteroatoms. The number of para-hydroxylation sites is 1.